The van der Waals surface area contributed by atoms with Gasteiger partial charge in [-0.25, -0.2) is 4.39 Å². The molecule has 1 spiro atoms. The maximum absolute atomic E-state index is 14.2. The molecule has 2 heterocycles. The Balaban J connectivity index is 1.39. The summed E-state index contributed by atoms with van der Waals surface area (Å²) in [7, 11) is 0. The SMILES string of the molecule is C=CC(=O)N1CC(C)(C)Oc2cc(N3CCC4(CC3)C[C@@H](CC(=O)O)c3ccc(F)cc34)ccc21. The molecule has 1 aliphatic carbocycles. The number of carboxylic acids is 1. The molecule has 1 amide bonds. The van der Waals surface area contributed by atoms with E-state index in [1.165, 1.54) is 12.1 Å². The highest BCUT2D eigenvalue weighted by atomic mass is 19.1. The van der Waals surface area contributed by atoms with Crippen LogP contribution in [0.15, 0.2) is 49.1 Å². The molecule has 2 aromatic rings. The molecule has 5 rings (SSSR count). The maximum Gasteiger partial charge on any atom is 0.303 e. The molecular formula is C28H31FN2O4. The van der Waals surface area contributed by atoms with E-state index in [1.807, 2.05) is 32.0 Å². The minimum Gasteiger partial charge on any atom is -0.484 e. The molecule has 7 heteroatoms. The molecular weight excluding hydrogens is 447 g/mol. The van der Waals surface area contributed by atoms with Crippen molar-refractivity contribution in [1.82, 2.24) is 0 Å². The molecule has 0 radical (unpaired) electrons. The van der Waals surface area contributed by atoms with Gasteiger partial charge < -0.3 is 19.6 Å². The molecule has 6 nitrogen and oxygen atoms in total. The Morgan fingerprint density at radius 1 is 1.20 bits per heavy atom. The zero-order valence-corrected chi connectivity index (χ0v) is 20.2. The van der Waals surface area contributed by atoms with Crippen LogP contribution in [0, 0.1) is 5.82 Å². The lowest BCUT2D eigenvalue weighted by Gasteiger charge is -2.43. The van der Waals surface area contributed by atoms with Crippen LogP contribution in [-0.4, -0.2) is 42.2 Å². The minimum absolute atomic E-state index is 0.0714. The number of fused-ring (bicyclic) bond motifs is 3. The molecule has 184 valence electrons. The minimum atomic E-state index is -0.819. The first kappa shape index (κ1) is 23.4. The lowest BCUT2D eigenvalue weighted by atomic mass is 9.73. The van der Waals surface area contributed by atoms with Crippen LogP contribution < -0.4 is 14.5 Å². The predicted octanol–water partition coefficient (Wildman–Crippen LogP) is 5.02. The van der Waals surface area contributed by atoms with Gasteiger partial charge >= 0.3 is 5.97 Å². The summed E-state index contributed by atoms with van der Waals surface area (Å²) in [5, 5.41) is 9.41. The summed E-state index contributed by atoms with van der Waals surface area (Å²) in [5.74, 6) is -0.653. The molecule has 1 N–H and O–H groups in total. The number of piperidine rings is 1. The van der Waals surface area contributed by atoms with E-state index >= 15 is 0 Å². The van der Waals surface area contributed by atoms with Crippen molar-refractivity contribution in [3.8, 4) is 5.75 Å². The topological polar surface area (TPSA) is 70.1 Å². The van der Waals surface area contributed by atoms with Crippen molar-refractivity contribution < 1.29 is 23.8 Å². The highest BCUT2D eigenvalue weighted by molar-refractivity contribution is 6.02. The third-order valence-electron chi connectivity index (χ3n) is 7.77. The van der Waals surface area contributed by atoms with Gasteiger partial charge in [0, 0.05) is 24.8 Å². The van der Waals surface area contributed by atoms with Crippen LogP contribution in [0.3, 0.4) is 0 Å². The van der Waals surface area contributed by atoms with Crippen LogP contribution in [0.25, 0.3) is 0 Å². The lowest BCUT2D eigenvalue weighted by molar-refractivity contribution is -0.137. The fourth-order valence-electron chi connectivity index (χ4n) is 6.20. The number of hydrogen-bond donors (Lipinski definition) is 1. The van der Waals surface area contributed by atoms with Crippen molar-refractivity contribution in [2.75, 3.05) is 29.4 Å². The summed E-state index contributed by atoms with van der Waals surface area (Å²) >= 11 is 0. The van der Waals surface area contributed by atoms with Gasteiger partial charge in [-0.3, -0.25) is 9.59 Å². The van der Waals surface area contributed by atoms with Gasteiger partial charge in [0.25, 0.3) is 5.91 Å². The zero-order valence-electron chi connectivity index (χ0n) is 20.2. The number of rotatable bonds is 4. The first-order valence-corrected chi connectivity index (χ1v) is 12.1. The number of ether oxygens (including phenoxy) is 1. The lowest BCUT2D eigenvalue weighted by Crippen LogP contribution is -2.49. The van der Waals surface area contributed by atoms with E-state index in [4.69, 9.17) is 4.74 Å². The van der Waals surface area contributed by atoms with E-state index in [-0.39, 0.29) is 29.5 Å². The van der Waals surface area contributed by atoms with E-state index in [0.717, 1.165) is 54.9 Å². The Hall–Kier alpha value is -3.35. The highest BCUT2D eigenvalue weighted by Gasteiger charge is 2.46. The van der Waals surface area contributed by atoms with Crippen LogP contribution in [-0.2, 0) is 15.0 Å². The third kappa shape index (κ3) is 4.17. The third-order valence-corrected chi connectivity index (χ3v) is 7.77. The van der Waals surface area contributed by atoms with E-state index in [1.54, 1.807) is 17.0 Å². The molecule has 35 heavy (non-hydrogen) atoms. The smallest absolute Gasteiger partial charge is 0.303 e. The highest BCUT2D eigenvalue weighted by Crippen LogP contribution is 2.53. The normalized spacial score (nSPS) is 21.7. The largest absolute Gasteiger partial charge is 0.484 e. The first-order chi connectivity index (χ1) is 16.6. The molecule has 0 saturated carbocycles. The first-order valence-electron chi connectivity index (χ1n) is 12.1. The number of amides is 1. The van der Waals surface area contributed by atoms with E-state index in [0.29, 0.717) is 12.3 Å². The second kappa shape index (κ2) is 8.40. The molecule has 3 aliphatic rings. The van der Waals surface area contributed by atoms with Gasteiger partial charge in [0.2, 0.25) is 0 Å². The molecule has 2 aromatic carbocycles. The van der Waals surface area contributed by atoms with Crippen molar-refractivity contribution >= 4 is 23.3 Å². The van der Waals surface area contributed by atoms with Crippen molar-refractivity contribution in [1.29, 1.82) is 0 Å². The van der Waals surface area contributed by atoms with Gasteiger partial charge in [-0.1, -0.05) is 12.6 Å². The molecule has 0 unspecified atom stereocenters. The Labute approximate surface area is 205 Å². The number of carbonyl (C=O) groups excluding carboxylic acids is 1. The Morgan fingerprint density at radius 2 is 1.94 bits per heavy atom. The standard InChI is InChI=1S/C28H31FN2O4/c1-4-25(32)31-17-27(2,3)35-24-15-20(6-8-23(24)31)30-11-9-28(10-12-30)16-18(13-26(33)34)21-7-5-19(29)14-22(21)28/h4-8,14-15,18H,1,9-13,16-17H2,2-3H3,(H,33,34)/t18-/m1/s1. The molecule has 0 bridgehead atoms. The summed E-state index contributed by atoms with van der Waals surface area (Å²) in [4.78, 5) is 27.9. The van der Waals surface area contributed by atoms with Gasteiger partial charge in [-0.2, -0.15) is 0 Å². The summed E-state index contributed by atoms with van der Waals surface area (Å²) in [5.41, 5.74) is 3.00. The van der Waals surface area contributed by atoms with Crippen molar-refractivity contribution in [2.45, 2.75) is 56.5 Å². The summed E-state index contributed by atoms with van der Waals surface area (Å²) in [6, 6.07) is 10.8. The van der Waals surface area contributed by atoms with Gasteiger partial charge in [0.15, 0.2) is 0 Å². The summed E-state index contributed by atoms with van der Waals surface area (Å²) in [6.45, 7) is 9.54. The Kier molecular flexibility index (Phi) is 5.61. The number of carboxylic acid groups (broad SMARTS) is 1. The Bertz CT molecular complexity index is 1200. The zero-order chi connectivity index (χ0) is 25.0. The van der Waals surface area contributed by atoms with Gasteiger partial charge in [0.05, 0.1) is 18.7 Å². The molecule has 1 atom stereocenters. The molecule has 2 aliphatic heterocycles. The number of carbonyl (C=O) groups is 2. The van der Waals surface area contributed by atoms with Crippen LogP contribution in [0.2, 0.25) is 0 Å². The number of benzene rings is 2. The van der Waals surface area contributed by atoms with Crippen molar-refractivity contribution in [3.05, 3.63) is 66.0 Å². The van der Waals surface area contributed by atoms with Crippen molar-refractivity contribution in [3.63, 3.8) is 0 Å². The summed E-state index contributed by atoms with van der Waals surface area (Å²) in [6.07, 6.45) is 3.78. The number of nitrogens with zero attached hydrogens (tertiary/aromatic N) is 2. The predicted molar refractivity (Wildman–Crippen MR) is 133 cm³/mol. The quantitative estimate of drug-likeness (QED) is 0.625. The average molecular weight is 479 g/mol. The van der Waals surface area contributed by atoms with Gasteiger partial charge in [-0.15, -0.1) is 0 Å². The second-order valence-electron chi connectivity index (χ2n) is 10.6. The molecule has 1 saturated heterocycles. The van der Waals surface area contributed by atoms with Crippen LogP contribution in [0.1, 0.15) is 56.6 Å². The van der Waals surface area contributed by atoms with E-state index in [9.17, 15) is 19.1 Å². The number of anilines is 2. The molecule has 1 fully saturated rings. The van der Waals surface area contributed by atoms with Gasteiger partial charge in [-0.05, 0) is 85.9 Å². The second-order valence-corrected chi connectivity index (χ2v) is 10.6. The van der Waals surface area contributed by atoms with Crippen LogP contribution >= 0.6 is 0 Å². The van der Waals surface area contributed by atoms with Crippen LogP contribution in [0.4, 0.5) is 15.8 Å². The van der Waals surface area contributed by atoms with Crippen molar-refractivity contribution in [2.24, 2.45) is 0 Å². The fourth-order valence-corrected chi connectivity index (χ4v) is 6.20. The number of aliphatic carboxylic acids is 1. The van der Waals surface area contributed by atoms with E-state index < -0.39 is 11.6 Å². The monoisotopic (exact) mass is 478 g/mol. The average Bonchev–Trinajstić information content (AvgIpc) is 3.08. The fraction of sp³-hybridized carbons (Fsp3) is 0.429. The van der Waals surface area contributed by atoms with E-state index in [2.05, 4.69) is 11.5 Å². The van der Waals surface area contributed by atoms with Crippen LogP contribution in [0.5, 0.6) is 5.75 Å². The Morgan fingerprint density at radius 3 is 2.63 bits per heavy atom. The maximum atomic E-state index is 14.2. The number of halogens is 1. The molecule has 0 aromatic heterocycles. The van der Waals surface area contributed by atoms with Gasteiger partial charge in [0.1, 0.15) is 17.2 Å². The summed E-state index contributed by atoms with van der Waals surface area (Å²) < 4.78 is 20.4. The number of hydrogen-bond acceptors (Lipinski definition) is 4.